The number of nitrogens with one attached hydrogen (secondary N) is 2. The predicted octanol–water partition coefficient (Wildman–Crippen LogP) is 2.56. The first-order valence-corrected chi connectivity index (χ1v) is 14.1. The summed E-state index contributed by atoms with van der Waals surface area (Å²) in [6.45, 7) is 3.01. The highest BCUT2D eigenvalue weighted by atomic mass is 16.5. The molecule has 12 nitrogen and oxygen atoms in total. The number of nitrogen functional groups attached to an aromatic ring is 1. The van der Waals surface area contributed by atoms with Crippen LogP contribution in [0.5, 0.6) is 17.2 Å². The molecule has 1 saturated heterocycles. The lowest BCUT2D eigenvalue weighted by Gasteiger charge is -2.39. The Bertz CT molecular complexity index is 1380. The largest absolute Gasteiger partial charge is 0.493 e. The average Bonchev–Trinajstić information content (AvgIpc) is 3.42. The molecule has 2 amide bonds. The van der Waals surface area contributed by atoms with Gasteiger partial charge in [0.2, 0.25) is 5.91 Å². The zero-order valence-electron chi connectivity index (χ0n) is 24.0. The Morgan fingerprint density at radius 2 is 2.02 bits per heavy atom. The molecule has 224 valence electrons. The summed E-state index contributed by atoms with van der Waals surface area (Å²) < 4.78 is 23.4. The second kappa shape index (κ2) is 13.7. The summed E-state index contributed by atoms with van der Waals surface area (Å²) in [5.41, 5.74) is 7.93. The van der Waals surface area contributed by atoms with Crippen molar-refractivity contribution in [1.82, 2.24) is 25.3 Å². The van der Waals surface area contributed by atoms with Gasteiger partial charge in [0.05, 0.1) is 32.4 Å². The first-order chi connectivity index (χ1) is 20.4. The number of nitrogens with two attached hydrogens (primary N) is 1. The average molecular weight is 579 g/mol. The number of aromatic amines is 1. The van der Waals surface area contributed by atoms with E-state index in [0.29, 0.717) is 68.8 Å². The molecule has 3 aromatic rings. The third-order valence-electron chi connectivity index (χ3n) is 7.43. The number of H-pyrrole nitrogens is 1. The molecule has 3 heterocycles. The lowest BCUT2D eigenvalue weighted by molar-refractivity contribution is -0.125. The first kappa shape index (κ1) is 29.4. The zero-order chi connectivity index (χ0) is 29.5. The second-order valence-electron chi connectivity index (χ2n) is 10.6. The van der Waals surface area contributed by atoms with Gasteiger partial charge in [0.1, 0.15) is 17.3 Å². The number of piperidine rings is 1. The molecule has 4 N–H and O–H groups in total. The normalized spacial score (nSPS) is 19.9. The van der Waals surface area contributed by atoms with E-state index in [1.807, 2.05) is 42.5 Å². The highest BCUT2D eigenvalue weighted by Crippen LogP contribution is 2.33. The maximum absolute atomic E-state index is 13.5. The van der Waals surface area contributed by atoms with Gasteiger partial charge >= 0.3 is 0 Å². The van der Waals surface area contributed by atoms with Crippen molar-refractivity contribution in [3.63, 3.8) is 0 Å². The highest BCUT2D eigenvalue weighted by molar-refractivity contribution is 5.93. The molecule has 2 aromatic carbocycles. The maximum atomic E-state index is 13.5. The number of carbonyl (C=O) groups excluding carboxylic acids is 2. The molecule has 2 aliphatic rings. The first-order valence-electron chi connectivity index (χ1n) is 14.1. The molecular weight excluding hydrogens is 540 g/mol. The van der Waals surface area contributed by atoms with Crippen molar-refractivity contribution >= 4 is 17.6 Å². The maximum Gasteiger partial charge on any atom is 0.272 e. The Hall–Kier alpha value is -4.13. The summed E-state index contributed by atoms with van der Waals surface area (Å²) in [6.07, 6.45) is 1.02. The Morgan fingerprint density at radius 1 is 1.14 bits per heavy atom. The summed E-state index contributed by atoms with van der Waals surface area (Å²) >= 11 is 0. The Balaban J connectivity index is 1.41. The van der Waals surface area contributed by atoms with E-state index >= 15 is 0 Å². The third kappa shape index (κ3) is 7.38. The Morgan fingerprint density at radius 3 is 2.81 bits per heavy atom. The van der Waals surface area contributed by atoms with Crippen LogP contribution in [0.4, 0.5) is 5.82 Å². The van der Waals surface area contributed by atoms with Crippen LogP contribution in [0.1, 0.15) is 34.5 Å². The molecule has 0 unspecified atom stereocenters. The number of hydrogen-bond donors (Lipinski definition) is 3. The number of aromatic nitrogens is 2. The minimum atomic E-state index is -0.406. The fourth-order valence-corrected chi connectivity index (χ4v) is 5.36. The molecule has 1 aromatic heterocycles. The number of nitrogens with zero attached hydrogens (tertiary/aromatic N) is 3. The summed E-state index contributed by atoms with van der Waals surface area (Å²) in [5.74, 6) is 1.76. The van der Waals surface area contributed by atoms with Gasteiger partial charge in [0.25, 0.3) is 5.91 Å². The minimum Gasteiger partial charge on any atom is -0.493 e. The van der Waals surface area contributed by atoms with E-state index in [9.17, 15) is 9.59 Å². The number of rotatable bonds is 6. The lowest BCUT2D eigenvalue weighted by Crippen LogP contribution is -2.58. The van der Waals surface area contributed by atoms with Crippen molar-refractivity contribution in [2.24, 2.45) is 0 Å². The van der Waals surface area contributed by atoms with Crippen LogP contribution in [0.3, 0.4) is 0 Å². The topological polar surface area (TPSA) is 144 Å². The molecule has 42 heavy (non-hydrogen) atoms. The van der Waals surface area contributed by atoms with Gasteiger partial charge in [-0.15, -0.1) is 0 Å². The lowest BCUT2D eigenvalue weighted by atomic mass is 10.0. The number of likely N-dealkylation sites (tertiary alicyclic amines) is 1. The summed E-state index contributed by atoms with van der Waals surface area (Å²) in [5, 5.41) is 9.73. The van der Waals surface area contributed by atoms with Crippen LogP contribution < -0.4 is 20.5 Å². The number of benzene rings is 2. The van der Waals surface area contributed by atoms with Crippen molar-refractivity contribution < 1.29 is 28.5 Å². The van der Waals surface area contributed by atoms with Gasteiger partial charge in [-0.1, -0.05) is 18.2 Å². The van der Waals surface area contributed by atoms with Gasteiger partial charge < -0.3 is 34.9 Å². The van der Waals surface area contributed by atoms with Crippen molar-refractivity contribution in [2.45, 2.75) is 38.1 Å². The third-order valence-corrected chi connectivity index (χ3v) is 7.43. The molecular formula is C30H38N6O6. The fraction of sp³-hybridized carbons (Fsp3) is 0.433. The summed E-state index contributed by atoms with van der Waals surface area (Å²) in [4.78, 5) is 30.4. The highest BCUT2D eigenvalue weighted by Gasteiger charge is 2.34. The zero-order valence-corrected chi connectivity index (χ0v) is 24.0. The van der Waals surface area contributed by atoms with Gasteiger partial charge in [0, 0.05) is 46.0 Å². The van der Waals surface area contributed by atoms with E-state index in [4.69, 9.17) is 24.7 Å². The van der Waals surface area contributed by atoms with Crippen LogP contribution >= 0.6 is 0 Å². The molecule has 0 saturated carbocycles. The summed E-state index contributed by atoms with van der Waals surface area (Å²) in [7, 11) is 3.27. The van der Waals surface area contributed by atoms with E-state index in [-0.39, 0.29) is 30.3 Å². The van der Waals surface area contributed by atoms with Crippen molar-refractivity contribution in [3.8, 4) is 17.2 Å². The SMILES string of the molecule is COCCCN1CC(=O)N[C@H]2CN(C(=O)c3cc(N)n[nH]3)CC[C@H]2OCc2cccc(c2)Oc2cc(ccc2OC)C1. The van der Waals surface area contributed by atoms with Gasteiger partial charge in [-0.05, 0) is 48.2 Å². The Kier molecular flexibility index (Phi) is 9.57. The number of anilines is 1. The van der Waals surface area contributed by atoms with Crippen LogP contribution in [0.15, 0.2) is 48.5 Å². The standard InChI is InChI=1S/C30H38N6O6/c1-39-12-4-10-35-16-20-7-8-26(40-2)27(14-20)42-22-6-3-5-21(13-22)19-41-25-9-11-36(17-24(25)32-29(37)18-35)30(38)23-15-28(31)34-33-23/h3,5-8,13-15,24-25H,4,9-12,16-19H2,1-2H3,(H,32,37)(H3,31,33,34)/t24-,25+/m0/s1. The number of amides is 2. The molecule has 2 atom stereocenters. The van der Waals surface area contributed by atoms with Crippen LogP contribution in [-0.4, -0.2) is 91.0 Å². The molecule has 0 spiro atoms. The van der Waals surface area contributed by atoms with Crippen molar-refractivity contribution in [1.29, 1.82) is 0 Å². The number of carbonyl (C=O) groups is 2. The quantitative estimate of drug-likeness (QED) is 0.376. The molecule has 0 aliphatic carbocycles. The molecule has 1 fully saturated rings. The van der Waals surface area contributed by atoms with E-state index in [2.05, 4.69) is 20.4 Å². The fourth-order valence-electron chi connectivity index (χ4n) is 5.36. The number of hydrogen-bond acceptors (Lipinski definition) is 9. The number of fused-ring (bicyclic) bond motifs is 5. The van der Waals surface area contributed by atoms with Crippen LogP contribution in [0, 0.1) is 0 Å². The number of ether oxygens (including phenoxy) is 4. The molecule has 5 rings (SSSR count). The molecule has 0 radical (unpaired) electrons. The Labute approximate surface area is 245 Å². The summed E-state index contributed by atoms with van der Waals surface area (Å²) in [6, 6.07) is 14.6. The molecule has 4 bridgehead atoms. The van der Waals surface area contributed by atoms with E-state index in [1.54, 1.807) is 19.1 Å². The predicted molar refractivity (Wildman–Crippen MR) is 155 cm³/mol. The van der Waals surface area contributed by atoms with E-state index < -0.39 is 6.04 Å². The van der Waals surface area contributed by atoms with Gasteiger partial charge in [-0.2, -0.15) is 5.10 Å². The van der Waals surface area contributed by atoms with Crippen LogP contribution in [-0.2, 0) is 27.4 Å². The molecule has 12 heteroatoms. The van der Waals surface area contributed by atoms with E-state index in [0.717, 1.165) is 17.5 Å². The van der Waals surface area contributed by atoms with Gasteiger partial charge in [-0.25, -0.2) is 0 Å². The molecule has 2 aliphatic heterocycles. The van der Waals surface area contributed by atoms with Gasteiger partial charge in [-0.3, -0.25) is 19.6 Å². The van der Waals surface area contributed by atoms with Gasteiger partial charge in [0.15, 0.2) is 11.5 Å². The van der Waals surface area contributed by atoms with Crippen LogP contribution in [0.2, 0.25) is 0 Å². The second-order valence-corrected chi connectivity index (χ2v) is 10.6. The van der Waals surface area contributed by atoms with E-state index in [1.165, 1.54) is 6.07 Å². The van der Waals surface area contributed by atoms with Crippen LogP contribution in [0.25, 0.3) is 0 Å². The monoisotopic (exact) mass is 578 g/mol. The number of methoxy groups -OCH3 is 2. The van der Waals surface area contributed by atoms with Crippen molar-refractivity contribution in [2.75, 3.05) is 52.7 Å². The smallest absolute Gasteiger partial charge is 0.272 e. The van der Waals surface area contributed by atoms with Crippen molar-refractivity contribution in [3.05, 3.63) is 65.4 Å². The minimum absolute atomic E-state index is 0.148.